The van der Waals surface area contributed by atoms with E-state index in [0.29, 0.717) is 12.5 Å². The summed E-state index contributed by atoms with van der Waals surface area (Å²) in [7, 11) is 3.82. The zero-order chi connectivity index (χ0) is 17.4. The fraction of sp³-hybridized carbons (Fsp3) is 0.353. The van der Waals surface area contributed by atoms with Gasteiger partial charge in [0, 0.05) is 30.4 Å². The average molecular weight is 373 g/mol. The highest BCUT2D eigenvalue weighted by molar-refractivity contribution is 7.10. The number of fused-ring (bicyclic) bond motifs is 1. The predicted octanol–water partition coefficient (Wildman–Crippen LogP) is 2.79. The summed E-state index contributed by atoms with van der Waals surface area (Å²) in [4.78, 5) is 20.3. The summed E-state index contributed by atoms with van der Waals surface area (Å²) in [6.07, 6.45) is 1.07. The van der Waals surface area contributed by atoms with Gasteiger partial charge < -0.3 is 10.6 Å². The SMILES string of the molecule is CN(C)c1nc(N)nc(CN2CCc3sccc3[C@@H]2c2cccs2)n1. The van der Waals surface area contributed by atoms with E-state index in [9.17, 15) is 0 Å². The van der Waals surface area contributed by atoms with Gasteiger partial charge in [-0.25, -0.2) is 0 Å². The molecule has 6 nitrogen and oxygen atoms in total. The highest BCUT2D eigenvalue weighted by Gasteiger charge is 2.31. The van der Waals surface area contributed by atoms with Gasteiger partial charge in [0.1, 0.15) is 5.82 Å². The molecule has 0 unspecified atom stereocenters. The van der Waals surface area contributed by atoms with Gasteiger partial charge >= 0.3 is 0 Å². The van der Waals surface area contributed by atoms with Crippen LogP contribution < -0.4 is 10.6 Å². The predicted molar refractivity (Wildman–Crippen MR) is 103 cm³/mol. The van der Waals surface area contributed by atoms with Crippen LogP contribution >= 0.6 is 22.7 Å². The largest absolute Gasteiger partial charge is 0.368 e. The third kappa shape index (κ3) is 3.24. The van der Waals surface area contributed by atoms with Crippen LogP contribution in [0, 0.1) is 0 Å². The van der Waals surface area contributed by atoms with Crippen LogP contribution in [0.5, 0.6) is 0 Å². The van der Waals surface area contributed by atoms with E-state index < -0.39 is 0 Å². The summed E-state index contributed by atoms with van der Waals surface area (Å²) in [5.41, 5.74) is 7.30. The van der Waals surface area contributed by atoms with Crippen molar-refractivity contribution in [2.45, 2.75) is 19.0 Å². The van der Waals surface area contributed by atoms with E-state index in [1.165, 1.54) is 15.3 Å². The summed E-state index contributed by atoms with van der Waals surface area (Å²) in [6, 6.07) is 6.84. The number of hydrogen-bond acceptors (Lipinski definition) is 8. The maximum absolute atomic E-state index is 5.89. The Morgan fingerprint density at radius 1 is 1.20 bits per heavy atom. The maximum atomic E-state index is 5.89. The number of aromatic nitrogens is 3. The van der Waals surface area contributed by atoms with E-state index in [0.717, 1.165) is 18.8 Å². The highest BCUT2D eigenvalue weighted by atomic mass is 32.1. The Bertz CT molecular complexity index is 858. The van der Waals surface area contributed by atoms with Crippen molar-refractivity contribution >= 4 is 34.6 Å². The summed E-state index contributed by atoms with van der Waals surface area (Å²) < 4.78 is 0. The third-order valence-corrected chi connectivity index (χ3v) is 6.23. The second-order valence-electron chi connectivity index (χ2n) is 6.24. The molecule has 0 aliphatic carbocycles. The van der Waals surface area contributed by atoms with Crippen LogP contribution in [0.1, 0.15) is 27.2 Å². The minimum atomic E-state index is 0.260. The molecule has 0 radical (unpaired) electrons. The van der Waals surface area contributed by atoms with Gasteiger partial charge in [0.15, 0.2) is 0 Å². The molecule has 4 rings (SSSR count). The van der Waals surface area contributed by atoms with E-state index in [-0.39, 0.29) is 12.0 Å². The monoisotopic (exact) mass is 372 g/mol. The highest BCUT2D eigenvalue weighted by Crippen LogP contribution is 2.39. The van der Waals surface area contributed by atoms with E-state index in [1.54, 1.807) is 11.3 Å². The molecular formula is C17H20N6S2. The van der Waals surface area contributed by atoms with Gasteiger partial charge in [-0.15, -0.1) is 22.7 Å². The summed E-state index contributed by atoms with van der Waals surface area (Å²) in [6.45, 7) is 1.64. The molecule has 25 heavy (non-hydrogen) atoms. The molecule has 8 heteroatoms. The standard InChI is InChI=1S/C17H20N6S2/c1-22(2)17-20-14(19-16(18)21-17)10-23-7-5-12-11(6-9-25-12)15(23)13-4-3-8-24-13/h3-4,6,8-9,15H,5,7,10H2,1-2H3,(H2,18,19,20,21)/t15-/m1/s1. The molecule has 3 aromatic rings. The first kappa shape index (κ1) is 16.4. The molecule has 1 atom stereocenters. The Hall–Kier alpha value is -2.03. The fourth-order valence-electron chi connectivity index (χ4n) is 3.20. The summed E-state index contributed by atoms with van der Waals surface area (Å²) >= 11 is 3.65. The van der Waals surface area contributed by atoms with Crippen molar-refractivity contribution in [3.05, 3.63) is 50.1 Å². The van der Waals surface area contributed by atoms with Crippen LogP contribution in [0.4, 0.5) is 11.9 Å². The smallest absolute Gasteiger partial charge is 0.229 e. The van der Waals surface area contributed by atoms with Crippen LogP contribution in [-0.2, 0) is 13.0 Å². The Morgan fingerprint density at radius 2 is 2.08 bits per heavy atom. The molecule has 3 aromatic heterocycles. The molecule has 0 amide bonds. The molecule has 1 aliphatic rings. The van der Waals surface area contributed by atoms with Crippen molar-refractivity contribution in [1.82, 2.24) is 19.9 Å². The van der Waals surface area contributed by atoms with Gasteiger partial charge in [-0.05, 0) is 34.9 Å². The van der Waals surface area contributed by atoms with Gasteiger partial charge in [0.25, 0.3) is 0 Å². The van der Waals surface area contributed by atoms with E-state index in [1.807, 2.05) is 30.3 Å². The van der Waals surface area contributed by atoms with E-state index >= 15 is 0 Å². The molecule has 0 saturated heterocycles. The molecular weight excluding hydrogens is 352 g/mol. The lowest BCUT2D eigenvalue weighted by Gasteiger charge is -2.35. The molecule has 1 aliphatic heterocycles. The second-order valence-corrected chi connectivity index (χ2v) is 8.22. The van der Waals surface area contributed by atoms with Gasteiger partial charge in [-0.3, -0.25) is 4.90 Å². The quantitative estimate of drug-likeness (QED) is 0.759. The summed E-state index contributed by atoms with van der Waals surface area (Å²) in [5, 5.41) is 4.33. The average Bonchev–Trinajstić information content (AvgIpc) is 3.25. The molecule has 0 aromatic carbocycles. The molecule has 130 valence electrons. The lowest BCUT2D eigenvalue weighted by atomic mass is 9.98. The van der Waals surface area contributed by atoms with E-state index in [2.05, 4.69) is 48.8 Å². The maximum Gasteiger partial charge on any atom is 0.229 e. The summed E-state index contributed by atoms with van der Waals surface area (Å²) in [5.74, 6) is 1.59. The van der Waals surface area contributed by atoms with Crippen molar-refractivity contribution in [2.75, 3.05) is 31.3 Å². The fourth-order valence-corrected chi connectivity index (χ4v) is 4.98. The second kappa shape index (κ2) is 6.70. The van der Waals surface area contributed by atoms with Crippen molar-refractivity contribution in [3.63, 3.8) is 0 Å². The van der Waals surface area contributed by atoms with Gasteiger partial charge in [-0.2, -0.15) is 15.0 Å². The van der Waals surface area contributed by atoms with Crippen LogP contribution in [0.2, 0.25) is 0 Å². The van der Waals surface area contributed by atoms with Crippen LogP contribution in [0.15, 0.2) is 29.0 Å². The van der Waals surface area contributed by atoms with Crippen molar-refractivity contribution in [3.8, 4) is 0 Å². The Balaban J connectivity index is 1.68. The number of nitrogen functional groups attached to an aromatic ring is 1. The molecule has 0 fully saturated rings. The van der Waals surface area contributed by atoms with Crippen LogP contribution in [0.25, 0.3) is 0 Å². The number of nitrogens with zero attached hydrogens (tertiary/aromatic N) is 5. The van der Waals surface area contributed by atoms with Crippen LogP contribution in [-0.4, -0.2) is 40.5 Å². The van der Waals surface area contributed by atoms with Gasteiger partial charge in [0.05, 0.1) is 12.6 Å². The molecule has 0 spiro atoms. The normalized spacial score (nSPS) is 17.4. The lowest BCUT2D eigenvalue weighted by Crippen LogP contribution is -2.35. The van der Waals surface area contributed by atoms with Gasteiger partial charge in [-0.1, -0.05) is 6.07 Å². The van der Waals surface area contributed by atoms with Crippen molar-refractivity contribution in [2.24, 2.45) is 0 Å². The van der Waals surface area contributed by atoms with E-state index in [4.69, 9.17) is 5.73 Å². The first-order valence-corrected chi connectivity index (χ1v) is 9.89. The number of rotatable bonds is 4. The number of hydrogen-bond donors (Lipinski definition) is 1. The Kier molecular flexibility index (Phi) is 4.41. The zero-order valence-corrected chi connectivity index (χ0v) is 15.8. The topological polar surface area (TPSA) is 71.2 Å². The molecule has 0 saturated carbocycles. The Labute approximate surface area is 155 Å². The van der Waals surface area contributed by atoms with Crippen molar-refractivity contribution < 1.29 is 0 Å². The molecule has 0 bridgehead atoms. The number of anilines is 2. The first-order chi connectivity index (χ1) is 12.1. The lowest BCUT2D eigenvalue weighted by molar-refractivity contribution is 0.203. The minimum absolute atomic E-state index is 0.260. The number of thiophene rings is 2. The zero-order valence-electron chi connectivity index (χ0n) is 14.2. The third-order valence-electron chi connectivity index (χ3n) is 4.31. The minimum Gasteiger partial charge on any atom is -0.368 e. The number of nitrogens with two attached hydrogens (primary N) is 1. The molecule has 4 heterocycles. The van der Waals surface area contributed by atoms with Gasteiger partial charge in [0.2, 0.25) is 11.9 Å². The molecule has 2 N–H and O–H groups in total. The van der Waals surface area contributed by atoms with Crippen molar-refractivity contribution in [1.29, 1.82) is 0 Å². The first-order valence-electron chi connectivity index (χ1n) is 8.13. The van der Waals surface area contributed by atoms with Crippen LogP contribution in [0.3, 0.4) is 0 Å². The Morgan fingerprint density at radius 3 is 2.84 bits per heavy atom.